The smallest absolute Gasteiger partial charge is 0.264 e. The SMILES string of the molecule is Cc1cc2ccn(-c3cccc(-c4nnc5n4CCC5)n3)c(=O)c2cc1-n1cnc(C2CC2)c1. The van der Waals surface area contributed by atoms with Crippen LogP contribution >= 0.6 is 0 Å². The van der Waals surface area contributed by atoms with Gasteiger partial charge < -0.3 is 9.13 Å². The fraction of sp³-hybridized carbons (Fsp3) is 0.269. The standard InChI is InChI=1S/C26H23N7O/c1-16-12-18-9-11-33(23-5-2-4-20(28-23)25-30-29-24-6-3-10-32(24)25)26(34)19(18)13-22(16)31-14-21(27-15-31)17-7-8-17/h2,4-5,9,11-15,17H,3,6-8,10H2,1H3. The molecule has 2 aliphatic rings. The summed E-state index contributed by atoms with van der Waals surface area (Å²) < 4.78 is 5.76. The van der Waals surface area contributed by atoms with Crippen molar-refractivity contribution >= 4 is 10.8 Å². The number of benzene rings is 1. The van der Waals surface area contributed by atoms with E-state index < -0.39 is 0 Å². The lowest BCUT2D eigenvalue weighted by molar-refractivity contribution is 0.746. The largest absolute Gasteiger partial charge is 0.310 e. The highest BCUT2D eigenvalue weighted by Gasteiger charge is 2.26. The fourth-order valence-corrected chi connectivity index (χ4v) is 4.93. The van der Waals surface area contributed by atoms with E-state index in [1.807, 2.05) is 41.2 Å². The highest BCUT2D eigenvalue weighted by atomic mass is 16.1. The lowest BCUT2D eigenvalue weighted by atomic mass is 10.1. The minimum Gasteiger partial charge on any atom is -0.310 e. The maximum Gasteiger partial charge on any atom is 0.264 e. The van der Waals surface area contributed by atoms with Crippen molar-refractivity contribution in [1.82, 2.24) is 33.9 Å². The van der Waals surface area contributed by atoms with Crippen LogP contribution in [0.4, 0.5) is 0 Å². The van der Waals surface area contributed by atoms with Gasteiger partial charge in [0.1, 0.15) is 17.3 Å². The van der Waals surface area contributed by atoms with E-state index in [0.29, 0.717) is 17.1 Å². The number of aryl methyl sites for hydroxylation is 2. The molecule has 1 aliphatic heterocycles. The van der Waals surface area contributed by atoms with Crippen LogP contribution in [0.3, 0.4) is 0 Å². The van der Waals surface area contributed by atoms with Crippen molar-refractivity contribution < 1.29 is 0 Å². The molecule has 0 N–H and O–H groups in total. The number of fused-ring (bicyclic) bond motifs is 2. The van der Waals surface area contributed by atoms with E-state index in [9.17, 15) is 4.79 Å². The average molecular weight is 450 g/mol. The van der Waals surface area contributed by atoms with Crippen LogP contribution in [-0.4, -0.2) is 33.9 Å². The van der Waals surface area contributed by atoms with E-state index in [4.69, 9.17) is 4.98 Å². The molecule has 0 atom stereocenters. The molecule has 168 valence electrons. The van der Waals surface area contributed by atoms with Crippen LogP contribution in [0.15, 0.2) is 59.9 Å². The molecule has 5 aromatic rings. The Morgan fingerprint density at radius 1 is 1.09 bits per heavy atom. The first-order valence-electron chi connectivity index (χ1n) is 11.8. The van der Waals surface area contributed by atoms with Crippen LogP contribution in [0, 0.1) is 6.92 Å². The molecule has 5 heterocycles. The van der Waals surface area contributed by atoms with E-state index in [2.05, 4.69) is 38.9 Å². The molecular formula is C26H23N7O. The summed E-state index contributed by atoms with van der Waals surface area (Å²) in [4.78, 5) is 23.0. The Labute approximate surface area is 195 Å². The van der Waals surface area contributed by atoms with E-state index in [0.717, 1.165) is 59.1 Å². The van der Waals surface area contributed by atoms with Crippen molar-refractivity contribution in [2.24, 2.45) is 0 Å². The van der Waals surface area contributed by atoms with Crippen LogP contribution < -0.4 is 5.56 Å². The Bertz CT molecular complexity index is 1640. The van der Waals surface area contributed by atoms with Gasteiger partial charge in [-0.2, -0.15) is 0 Å². The molecule has 34 heavy (non-hydrogen) atoms. The van der Waals surface area contributed by atoms with Crippen molar-refractivity contribution in [1.29, 1.82) is 0 Å². The molecule has 0 amide bonds. The van der Waals surface area contributed by atoms with Crippen LogP contribution in [0.2, 0.25) is 0 Å². The maximum absolute atomic E-state index is 13.6. The molecule has 4 aromatic heterocycles. The zero-order valence-corrected chi connectivity index (χ0v) is 18.8. The first kappa shape index (κ1) is 19.4. The Kier molecular flexibility index (Phi) is 4.12. The molecule has 0 radical (unpaired) electrons. The van der Waals surface area contributed by atoms with Gasteiger partial charge in [-0.1, -0.05) is 6.07 Å². The Morgan fingerprint density at radius 3 is 2.88 bits per heavy atom. The zero-order chi connectivity index (χ0) is 22.8. The third kappa shape index (κ3) is 3.02. The summed E-state index contributed by atoms with van der Waals surface area (Å²) in [6.07, 6.45) is 10.2. The summed E-state index contributed by atoms with van der Waals surface area (Å²) in [5.41, 5.74) is 3.83. The molecule has 0 spiro atoms. The van der Waals surface area contributed by atoms with E-state index in [1.165, 1.54) is 12.8 Å². The number of pyridine rings is 2. The van der Waals surface area contributed by atoms with Gasteiger partial charge in [-0.15, -0.1) is 10.2 Å². The second-order valence-corrected chi connectivity index (χ2v) is 9.27. The normalized spacial score (nSPS) is 15.2. The quantitative estimate of drug-likeness (QED) is 0.415. The van der Waals surface area contributed by atoms with Crippen molar-refractivity contribution in [2.75, 3.05) is 0 Å². The first-order valence-corrected chi connectivity index (χ1v) is 11.8. The minimum absolute atomic E-state index is 0.0996. The minimum atomic E-state index is -0.0996. The number of hydrogen-bond acceptors (Lipinski definition) is 5. The summed E-state index contributed by atoms with van der Waals surface area (Å²) >= 11 is 0. The predicted molar refractivity (Wildman–Crippen MR) is 129 cm³/mol. The third-order valence-corrected chi connectivity index (χ3v) is 6.92. The lowest BCUT2D eigenvalue weighted by Gasteiger charge is -2.12. The van der Waals surface area contributed by atoms with Gasteiger partial charge in [0, 0.05) is 36.7 Å². The molecule has 0 bridgehead atoms. The molecule has 0 saturated heterocycles. The van der Waals surface area contributed by atoms with E-state index in [1.54, 1.807) is 10.8 Å². The molecule has 1 aliphatic carbocycles. The van der Waals surface area contributed by atoms with Crippen LogP contribution in [0.5, 0.6) is 0 Å². The van der Waals surface area contributed by atoms with E-state index in [-0.39, 0.29) is 5.56 Å². The Morgan fingerprint density at radius 2 is 2.00 bits per heavy atom. The van der Waals surface area contributed by atoms with Crippen LogP contribution in [0.25, 0.3) is 33.8 Å². The summed E-state index contributed by atoms with van der Waals surface area (Å²) in [6.45, 7) is 2.97. The molecule has 0 unspecified atom stereocenters. The summed E-state index contributed by atoms with van der Waals surface area (Å²) in [6, 6.07) is 11.7. The summed E-state index contributed by atoms with van der Waals surface area (Å²) in [5.74, 6) is 2.91. The molecule has 7 rings (SSSR count). The second kappa shape index (κ2) is 7.21. The monoisotopic (exact) mass is 449 g/mol. The third-order valence-electron chi connectivity index (χ3n) is 6.92. The molecular weight excluding hydrogens is 426 g/mol. The molecule has 1 saturated carbocycles. The topological polar surface area (TPSA) is 83.4 Å². The highest BCUT2D eigenvalue weighted by molar-refractivity contribution is 5.85. The number of hydrogen-bond donors (Lipinski definition) is 0. The van der Waals surface area contributed by atoms with Crippen molar-refractivity contribution in [3.63, 3.8) is 0 Å². The Balaban J connectivity index is 1.33. The summed E-state index contributed by atoms with van der Waals surface area (Å²) in [7, 11) is 0. The van der Waals surface area contributed by atoms with Gasteiger partial charge in [0.2, 0.25) is 0 Å². The molecule has 1 fully saturated rings. The predicted octanol–water partition coefficient (Wildman–Crippen LogP) is 3.96. The molecule has 1 aromatic carbocycles. The first-order chi connectivity index (χ1) is 16.7. The zero-order valence-electron chi connectivity index (χ0n) is 18.8. The highest BCUT2D eigenvalue weighted by Crippen LogP contribution is 2.39. The number of imidazole rings is 1. The Hall–Kier alpha value is -4.07. The van der Waals surface area contributed by atoms with E-state index >= 15 is 0 Å². The molecule has 8 nitrogen and oxygen atoms in total. The fourth-order valence-electron chi connectivity index (χ4n) is 4.93. The van der Waals surface area contributed by atoms with Crippen LogP contribution in [-0.2, 0) is 13.0 Å². The van der Waals surface area contributed by atoms with Gasteiger partial charge >= 0.3 is 0 Å². The van der Waals surface area contributed by atoms with Gasteiger partial charge in [-0.25, -0.2) is 9.97 Å². The van der Waals surface area contributed by atoms with Gasteiger partial charge in [0.15, 0.2) is 5.82 Å². The number of nitrogens with zero attached hydrogens (tertiary/aromatic N) is 7. The number of rotatable bonds is 4. The maximum atomic E-state index is 13.6. The summed E-state index contributed by atoms with van der Waals surface area (Å²) in [5, 5.41) is 10.2. The molecule has 8 heteroatoms. The van der Waals surface area contributed by atoms with Crippen molar-refractivity contribution in [2.45, 2.75) is 45.1 Å². The van der Waals surface area contributed by atoms with Crippen molar-refractivity contribution in [3.05, 3.63) is 82.6 Å². The van der Waals surface area contributed by atoms with Gasteiger partial charge in [0.25, 0.3) is 5.56 Å². The van der Waals surface area contributed by atoms with Gasteiger partial charge in [-0.05, 0) is 67.5 Å². The second-order valence-electron chi connectivity index (χ2n) is 9.27. The van der Waals surface area contributed by atoms with Gasteiger partial charge in [-0.3, -0.25) is 9.36 Å². The lowest BCUT2D eigenvalue weighted by Crippen LogP contribution is -2.19. The van der Waals surface area contributed by atoms with Crippen LogP contribution in [0.1, 0.15) is 42.3 Å². The average Bonchev–Trinajstić information content (AvgIpc) is 3.22. The van der Waals surface area contributed by atoms with Gasteiger partial charge in [0.05, 0.1) is 17.7 Å². The van der Waals surface area contributed by atoms with Crippen molar-refractivity contribution in [3.8, 4) is 23.0 Å². The number of aromatic nitrogens is 7.